The van der Waals surface area contributed by atoms with Crippen LogP contribution in [0.2, 0.25) is 5.02 Å². The molecule has 0 aromatic heterocycles. The summed E-state index contributed by atoms with van der Waals surface area (Å²) in [7, 11) is 0. The van der Waals surface area contributed by atoms with E-state index >= 15 is 0 Å². The summed E-state index contributed by atoms with van der Waals surface area (Å²) in [5.74, 6) is 0. The van der Waals surface area contributed by atoms with Crippen LogP contribution in [-0.4, -0.2) is 6.04 Å². The van der Waals surface area contributed by atoms with Gasteiger partial charge < -0.3 is 0 Å². The van der Waals surface area contributed by atoms with Gasteiger partial charge in [0.1, 0.15) is 0 Å². The van der Waals surface area contributed by atoms with Gasteiger partial charge in [0.05, 0.1) is 0 Å². The second kappa shape index (κ2) is 4.75. The number of benzene rings is 1. The van der Waals surface area contributed by atoms with E-state index in [9.17, 15) is 0 Å². The number of hydrogen-bond acceptors (Lipinski definition) is 2. The van der Waals surface area contributed by atoms with Crippen molar-refractivity contribution in [2.75, 3.05) is 0 Å². The summed E-state index contributed by atoms with van der Waals surface area (Å²) < 4.78 is 3.25. The zero-order valence-corrected chi connectivity index (χ0v) is 8.75. The highest BCUT2D eigenvalue weighted by molar-refractivity contribution is 7.97. The average Bonchev–Trinajstić information content (AvgIpc) is 2.03. The molecular formula is C9H12ClNS. The first-order valence-corrected chi connectivity index (χ1v) is 5.06. The smallest absolute Gasteiger partial charge is 0.0406 e. The summed E-state index contributed by atoms with van der Waals surface area (Å²) in [5, 5.41) is 0.781. The second-order valence-electron chi connectivity index (χ2n) is 2.83. The van der Waals surface area contributed by atoms with E-state index in [0.717, 1.165) is 5.02 Å². The lowest BCUT2D eigenvalue weighted by Gasteiger charge is -2.06. The zero-order chi connectivity index (χ0) is 8.97. The Balaban J connectivity index is 2.48. The van der Waals surface area contributed by atoms with Crippen LogP contribution in [0.25, 0.3) is 0 Å². The first-order valence-electron chi connectivity index (χ1n) is 3.86. The van der Waals surface area contributed by atoms with Crippen molar-refractivity contribution in [3.05, 3.63) is 29.3 Å². The summed E-state index contributed by atoms with van der Waals surface area (Å²) in [6, 6.07) is 8.29. The molecule has 0 spiro atoms. The van der Waals surface area contributed by atoms with Gasteiger partial charge in [-0.25, -0.2) is 0 Å². The van der Waals surface area contributed by atoms with Gasteiger partial charge in [-0.05, 0) is 50.1 Å². The van der Waals surface area contributed by atoms with Crippen molar-refractivity contribution >= 4 is 23.5 Å². The molecule has 0 saturated heterocycles. The third-order valence-electron chi connectivity index (χ3n) is 1.23. The third kappa shape index (κ3) is 3.48. The van der Waals surface area contributed by atoms with Crippen molar-refractivity contribution in [1.29, 1.82) is 0 Å². The Bertz CT molecular complexity index is 233. The van der Waals surface area contributed by atoms with E-state index in [1.54, 1.807) is 11.9 Å². The van der Waals surface area contributed by atoms with E-state index in [2.05, 4.69) is 18.6 Å². The molecule has 0 aliphatic rings. The van der Waals surface area contributed by atoms with Crippen LogP contribution in [-0.2, 0) is 0 Å². The van der Waals surface area contributed by atoms with Crippen LogP contribution in [0.1, 0.15) is 13.8 Å². The molecule has 0 saturated carbocycles. The molecule has 0 radical (unpaired) electrons. The maximum atomic E-state index is 5.74. The fourth-order valence-electron chi connectivity index (χ4n) is 0.689. The Kier molecular flexibility index (Phi) is 3.92. The average molecular weight is 202 g/mol. The first kappa shape index (κ1) is 9.90. The van der Waals surface area contributed by atoms with Gasteiger partial charge in [0.15, 0.2) is 0 Å². The molecule has 0 bridgehead atoms. The van der Waals surface area contributed by atoms with E-state index in [0.29, 0.717) is 6.04 Å². The van der Waals surface area contributed by atoms with Crippen LogP contribution in [0.15, 0.2) is 29.2 Å². The van der Waals surface area contributed by atoms with E-state index in [1.807, 2.05) is 24.3 Å². The van der Waals surface area contributed by atoms with Crippen molar-refractivity contribution in [3.8, 4) is 0 Å². The number of halogens is 1. The van der Waals surface area contributed by atoms with Gasteiger partial charge in [0.25, 0.3) is 0 Å². The predicted molar refractivity (Wildman–Crippen MR) is 55.6 cm³/mol. The quantitative estimate of drug-likeness (QED) is 0.753. The van der Waals surface area contributed by atoms with Crippen molar-refractivity contribution in [1.82, 2.24) is 4.72 Å². The van der Waals surface area contributed by atoms with Gasteiger partial charge in [0.2, 0.25) is 0 Å². The van der Waals surface area contributed by atoms with Crippen LogP contribution >= 0.6 is 23.5 Å². The van der Waals surface area contributed by atoms with E-state index < -0.39 is 0 Å². The predicted octanol–water partition coefficient (Wildman–Crippen LogP) is 3.35. The largest absolute Gasteiger partial charge is 0.257 e. The number of hydrogen-bond donors (Lipinski definition) is 1. The molecule has 0 amide bonds. The minimum Gasteiger partial charge on any atom is -0.257 e. The van der Waals surface area contributed by atoms with Gasteiger partial charge in [-0.2, -0.15) is 0 Å². The molecule has 3 heteroatoms. The third-order valence-corrected chi connectivity index (χ3v) is 2.58. The molecule has 12 heavy (non-hydrogen) atoms. The van der Waals surface area contributed by atoms with Gasteiger partial charge in [0, 0.05) is 16.0 Å². The normalized spacial score (nSPS) is 10.7. The molecule has 1 N–H and O–H groups in total. The van der Waals surface area contributed by atoms with Gasteiger partial charge in [-0.3, -0.25) is 4.72 Å². The van der Waals surface area contributed by atoms with Crippen LogP contribution in [0, 0.1) is 0 Å². The van der Waals surface area contributed by atoms with Crippen LogP contribution in [0.3, 0.4) is 0 Å². The lowest BCUT2D eigenvalue weighted by Crippen LogP contribution is -2.13. The molecule has 1 aromatic carbocycles. The minimum absolute atomic E-state index is 0.491. The fraction of sp³-hybridized carbons (Fsp3) is 0.333. The second-order valence-corrected chi connectivity index (χ2v) is 4.18. The Morgan fingerprint density at radius 3 is 2.33 bits per heavy atom. The molecule has 0 fully saturated rings. The van der Waals surface area contributed by atoms with Crippen LogP contribution in [0.5, 0.6) is 0 Å². The molecule has 0 heterocycles. The molecular weight excluding hydrogens is 190 g/mol. The summed E-state index contributed by atoms with van der Waals surface area (Å²) in [6.07, 6.45) is 0. The van der Waals surface area contributed by atoms with Crippen molar-refractivity contribution in [3.63, 3.8) is 0 Å². The van der Waals surface area contributed by atoms with Crippen molar-refractivity contribution < 1.29 is 0 Å². The zero-order valence-electron chi connectivity index (χ0n) is 7.17. The molecule has 0 aliphatic carbocycles. The Morgan fingerprint density at radius 1 is 1.25 bits per heavy atom. The maximum absolute atomic E-state index is 5.74. The summed E-state index contributed by atoms with van der Waals surface area (Å²) in [6.45, 7) is 4.23. The highest BCUT2D eigenvalue weighted by atomic mass is 35.5. The Hall–Kier alpha value is -0.180. The number of rotatable bonds is 3. The highest BCUT2D eigenvalue weighted by Gasteiger charge is 1.95. The molecule has 1 rings (SSSR count). The first-order chi connectivity index (χ1) is 5.68. The van der Waals surface area contributed by atoms with Gasteiger partial charge in [-0.1, -0.05) is 11.6 Å². The molecule has 0 aliphatic heterocycles. The molecule has 66 valence electrons. The van der Waals surface area contributed by atoms with E-state index in [4.69, 9.17) is 11.6 Å². The number of nitrogens with one attached hydrogen (secondary N) is 1. The van der Waals surface area contributed by atoms with Crippen LogP contribution in [0.4, 0.5) is 0 Å². The topological polar surface area (TPSA) is 12.0 Å². The lowest BCUT2D eigenvalue weighted by molar-refractivity contribution is 0.771. The monoisotopic (exact) mass is 201 g/mol. The van der Waals surface area contributed by atoms with Gasteiger partial charge >= 0.3 is 0 Å². The van der Waals surface area contributed by atoms with E-state index in [1.165, 1.54) is 4.90 Å². The fourth-order valence-corrected chi connectivity index (χ4v) is 1.46. The molecule has 1 nitrogen and oxygen atoms in total. The van der Waals surface area contributed by atoms with E-state index in [-0.39, 0.29) is 0 Å². The van der Waals surface area contributed by atoms with Crippen LogP contribution < -0.4 is 4.72 Å². The summed E-state index contributed by atoms with van der Waals surface area (Å²) >= 11 is 7.37. The highest BCUT2D eigenvalue weighted by Crippen LogP contribution is 2.17. The maximum Gasteiger partial charge on any atom is 0.0406 e. The standard InChI is InChI=1S/C9H12ClNS/c1-7(2)11-12-9-5-3-8(10)4-6-9/h3-7,11H,1-2H3. The molecule has 0 atom stereocenters. The minimum atomic E-state index is 0.491. The van der Waals surface area contributed by atoms with Crippen molar-refractivity contribution in [2.24, 2.45) is 0 Å². The van der Waals surface area contributed by atoms with Gasteiger partial charge in [-0.15, -0.1) is 0 Å². The SMILES string of the molecule is CC(C)NSc1ccc(Cl)cc1. The lowest BCUT2D eigenvalue weighted by atomic mass is 10.4. The molecule has 1 aromatic rings. The summed E-state index contributed by atoms with van der Waals surface area (Å²) in [4.78, 5) is 1.19. The van der Waals surface area contributed by atoms with Crippen molar-refractivity contribution in [2.45, 2.75) is 24.8 Å². The Morgan fingerprint density at radius 2 is 1.83 bits per heavy atom. The molecule has 0 unspecified atom stereocenters. The summed E-state index contributed by atoms with van der Waals surface area (Å²) in [5.41, 5.74) is 0. The Labute approximate surface area is 82.6 Å².